The zero-order valence-corrected chi connectivity index (χ0v) is 10.7. The number of carboxylic acids is 1. The van der Waals surface area contributed by atoms with Crippen LogP contribution >= 0.6 is 11.3 Å². The van der Waals surface area contributed by atoms with Crippen molar-refractivity contribution >= 4 is 17.3 Å². The van der Waals surface area contributed by atoms with Crippen molar-refractivity contribution in [2.75, 3.05) is 13.2 Å². The van der Waals surface area contributed by atoms with Crippen molar-refractivity contribution in [1.82, 2.24) is 0 Å². The van der Waals surface area contributed by atoms with Crippen LogP contribution in [0.3, 0.4) is 0 Å². The van der Waals surface area contributed by atoms with E-state index in [1.807, 2.05) is 0 Å². The van der Waals surface area contributed by atoms with Gasteiger partial charge in [-0.05, 0) is 35.7 Å². The van der Waals surface area contributed by atoms with Gasteiger partial charge in [0.1, 0.15) is 30.5 Å². The van der Waals surface area contributed by atoms with Crippen LogP contribution in [0.1, 0.15) is 9.67 Å². The summed E-state index contributed by atoms with van der Waals surface area (Å²) in [6, 6.07) is 7.24. The third kappa shape index (κ3) is 3.69. The summed E-state index contributed by atoms with van der Waals surface area (Å²) >= 11 is 1.11. The molecule has 0 spiro atoms. The van der Waals surface area contributed by atoms with Crippen molar-refractivity contribution in [3.8, 4) is 11.5 Å². The number of benzene rings is 1. The lowest BCUT2D eigenvalue weighted by Crippen LogP contribution is -2.10. The number of ether oxygens (including phenoxy) is 2. The molecule has 0 fully saturated rings. The summed E-state index contributed by atoms with van der Waals surface area (Å²) in [6.07, 6.45) is 0. The second-order valence-corrected chi connectivity index (χ2v) is 4.49. The average molecular weight is 282 g/mol. The molecule has 0 aliphatic carbocycles. The normalized spacial score (nSPS) is 10.2. The van der Waals surface area contributed by atoms with Gasteiger partial charge in [-0.1, -0.05) is 0 Å². The lowest BCUT2D eigenvalue weighted by atomic mass is 10.3. The maximum Gasteiger partial charge on any atom is 0.349 e. The van der Waals surface area contributed by atoms with Crippen molar-refractivity contribution in [2.45, 2.75) is 0 Å². The third-order valence-corrected chi connectivity index (χ3v) is 3.13. The topological polar surface area (TPSA) is 55.8 Å². The molecule has 0 radical (unpaired) electrons. The molecule has 0 amide bonds. The quantitative estimate of drug-likeness (QED) is 0.827. The highest BCUT2D eigenvalue weighted by Crippen LogP contribution is 2.24. The van der Waals surface area contributed by atoms with Crippen LogP contribution in [0, 0.1) is 5.82 Å². The van der Waals surface area contributed by atoms with E-state index < -0.39 is 5.97 Å². The Labute approximate surface area is 113 Å². The van der Waals surface area contributed by atoms with Gasteiger partial charge in [0, 0.05) is 0 Å². The maximum atomic E-state index is 12.6. The second kappa shape index (κ2) is 6.19. The van der Waals surface area contributed by atoms with E-state index in [9.17, 15) is 9.18 Å². The number of hydrogen-bond acceptors (Lipinski definition) is 4. The molecule has 6 heteroatoms. The SMILES string of the molecule is O=C(O)c1sccc1OCCOc1ccc(F)cc1. The van der Waals surface area contributed by atoms with Crippen LogP contribution in [0.25, 0.3) is 0 Å². The molecule has 1 aromatic heterocycles. The number of aromatic carboxylic acids is 1. The Balaban J connectivity index is 1.79. The van der Waals surface area contributed by atoms with Gasteiger partial charge in [0.2, 0.25) is 0 Å². The molecule has 2 aromatic rings. The molecular formula is C13H11FO4S. The molecule has 0 bridgehead atoms. The molecule has 1 N–H and O–H groups in total. The Morgan fingerprint density at radius 2 is 1.84 bits per heavy atom. The fraction of sp³-hybridized carbons (Fsp3) is 0.154. The van der Waals surface area contributed by atoms with E-state index >= 15 is 0 Å². The Morgan fingerprint density at radius 3 is 2.53 bits per heavy atom. The summed E-state index contributed by atoms with van der Waals surface area (Å²) in [6.45, 7) is 0.467. The van der Waals surface area contributed by atoms with E-state index in [-0.39, 0.29) is 23.9 Å². The van der Waals surface area contributed by atoms with E-state index in [0.29, 0.717) is 11.5 Å². The van der Waals surface area contributed by atoms with E-state index in [1.165, 1.54) is 24.3 Å². The number of carboxylic acid groups (broad SMARTS) is 1. The lowest BCUT2D eigenvalue weighted by molar-refractivity contribution is 0.0697. The van der Waals surface area contributed by atoms with Crippen LogP contribution < -0.4 is 9.47 Å². The first-order valence-corrected chi connectivity index (χ1v) is 6.37. The van der Waals surface area contributed by atoms with Gasteiger partial charge in [-0.25, -0.2) is 9.18 Å². The standard InChI is InChI=1S/C13H11FO4S/c14-9-1-3-10(4-2-9)17-6-7-18-11-5-8-19-12(11)13(15)16/h1-5,8H,6-7H2,(H,15,16). The Morgan fingerprint density at radius 1 is 1.16 bits per heavy atom. The highest BCUT2D eigenvalue weighted by atomic mass is 32.1. The average Bonchev–Trinajstić information content (AvgIpc) is 2.85. The smallest absolute Gasteiger partial charge is 0.349 e. The largest absolute Gasteiger partial charge is 0.490 e. The van der Waals surface area contributed by atoms with E-state index in [1.54, 1.807) is 11.4 Å². The van der Waals surface area contributed by atoms with Crippen molar-refractivity contribution in [3.05, 3.63) is 46.4 Å². The van der Waals surface area contributed by atoms with Crippen LogP contribution in [-0.4, -0.2) is 24.3 Å². The first-order valence-electron chi connectivity index (χ1n) is 5.49. The Kier molecular flexibility index (Phi) is 4.35. The first kappa shape index (κ1) is 13.4. The number of halogens is 1. The molecule has 100 valence electrons. The van der Waals surface area contributed by atoms with Crippen molar-refractivity contribution in [3.63, 3.8) is 0 Å². The molecule has 19 heavy (non-hydrogen) atoms. The van der Waals surface area contributed by atoms with Gasteiger partial charge in [-0.15, -0.1) is 11.3 Å². The van der Waals surface area contributed by atoms with Crippen LogP contribution in [0.15, 0.2) is 35.7 Å². The minimum absolute atomic E-state index is 0.168. The molecule has 4 nitrogen and oxygen atoms in total. The second-order valence-electron chi connectivity index (χ2n) is 3.57. The van der Waals surface area contributed by atoms with Crippen LogP contribution in [0.4, 0.5) is 4.39 Å². The van der Waals surface area contributed by atoms with Crippen LogP contribution in [0.2, 0.25) is 0 Å². The molecule has 0 atom stereocenters. The van der Waals surface area contributed by atoms with Crippen molar-refractivity contribution < 1.29 is 23.8 Å². The predicted octanol–water partition coefficient (Wildman–Crippen LogP) is 3.04. The third-order valence-electron chi connectivity index (χ3n) is 2.25. The zero-order valence-electron chi connectivity index (χ0n) is 9.84. The van der Waals surface area contributed by atoms with Crippen LogP contribution in [0.5, 0.6) is 11.5 Å². The monoisotopic (exact) mass is 282 g/mol. The zero-order chi connectivity index (χ0) is 13.7. The molecule has 2 rings (SSSR count). The molecule has 1 heterocycles. The number of carbonyl (C=O) groups is 1. The van der Waals surface area contributed by atoms with E-state index in [2.05, 4.69) is 0 Å². The molecule has 0 aliphatic rings. The Bertz CT molecular complexity index is 550. The summed E-state index contributed by atoms with van der Waals surface area (Å²) in [7, 11) is 0. The predicted molar refractivity (Wildman–Crippen MR) is 68.7 cm³/mol. The summed E-state index contributed by atoms with van der Waals surface area (Å²) in [5.41, 5.74) is 0. The minimum Gasteiger partial charge on any atom is -0.490 e. The van der Waals surface area contributed by atoms with E-state index in [4.69, 9.17) is 14.6 Å². The summed E-state index contributed by atoms with van der Waals surface area (Å²) in [4.78, 5) is 11.0. The van der Waals surface area contributed by atoms with Gasteiger partial charge in [-0.2, -0.15) is 0 Å². The number of rotatable bonds is 6. The van der Waals surface area contributed by atoms with Gasteiger partial charge in [0.05, 0.1) is 0 Å². The fourth-order valence-electron chi connectivity index (χ4n) is 1.41. The summed E-state index contributed by atoms with van der Waals surface area (Å²) < 4.78 is 23.3. The summed E-state index contributed by atoms with van der Waals surface area (Å²) in [5, 5.41) is 10.5. The highest BCUT2D eigenvalue weighted by Gasteiger charge is 2.12. The van der Waals surface area contributed by atoms with Gasteiger partial charge in [0.15, 0.2) is 4.88 Å². The van der Waals surface area contributed by atoms with Crippen LogP contribution in [-0.2, 0) is 0 Å². The highest BCUT2D eigenvalue weighted by molar-refractivity contribution is 7.12. The molecule has 0 unspecified atom stereocenters. The number of hydrogen-bond donors (Lipinski definition) is 1. The maximum absolute atomic E-state index is 12.6. The fourth-order valence-corrected chi connectivity index (χ4v) is 2.08. The summed E-state index contributed by atoms with van der Waals surface area (Å²) in [5.74, 6) is -0.466. The molecule has 1 aromatic carbocycles. The molecule has 0 saturated carbocycles. The molecular weight excluding hydrogens is 271 g/mol. The lowest BCUT2D eigenvalue weighted by Gasteiger charge is -2.07. The number of thiophene rings is 1. The van der Waals surface area contributed by atoms with Crippen molar-refractivity contribution in [2.24, 2.45) is 0 Å². The van der Waals surface area contributed by atoms with Gasteiger partial charge < -0.3 is 14.6 Å². The van der Waals surface area contributed by atoms with E-state index in [0.717, 1.165) is 11.3 Å². The Hall–Kier alpha value is -2.08. The minimum atomic E-state index is -1.01. The van der Waals surface area contributed by atoms with Crippen molar-refractivity contribution in [1.29, 1.82) is 0 Å². The molecule has 0 aliphatic heterocycles. The molecule has 0 saturated heterocycles. The first-order chi connectivity index (χ1) is 9.16. The van der Waals surface area contributed by atoms with Gasteiger partial charge >= 0.3 is 5.97 Å². The van der Waals surface area contributed by atoms with Gasteiger partial charge in [-0.3, -0.25) is 0 Å². The van der Waals surface area contributed by atoms with Gasteiger partial charge in [0.25, 0.3) is 0 Å².